The molecule has 2 aromatic rings. The largest absolute Gasteiger partial charge is 0.480 e. The van der Waals surface area contributed by atoms with E-state index in [1.165, 1.54) is 6.33 Å². The molecular formula is C13H15N3O3S. The van der Waals surface area contributed by atoms with Crippen LogP contribution in [-0.2, 0) is 9.53 Å². The van der Waals surface area contributed by atoms with Crippen molar-refractivity contribution in [3.05, 3.63) is 17.3 Å². The normalized spacial score (nSPS) is 22.6. The maximum atomic E-state index is 11.5. The van der Waals surface area contributed by atoms with Crippen LogP contribution in [0, 0.1) is 6.92 Å². The quantitative estimate of drug-likeness (QED) is 0.928. The first-order valence-corrected chi connectivity index (χ1v) is 7.20. The van der Waals surface area contributed by atoms with Crippen molar-refractivity contribution in [1.82, 2.24) is 9.97 Å². The molecule has 6 nitrogen and oxygen atoms in total. The van der Waals surface area contributed by atoms with Crippen LogP contribution in [0.25, 0.3) is 10.2 Å². The number of hydrogen-bond acceptors (Lipinski definition) is 6. The van der Waals surface area contributed by atoms with E-state index in [1.54, 1.807) is 18.4 Å². The van der Waals surface area contributed by atoms with Crippen molar-refractivity contribution in [3.63, 3.8) is 0 Å². The monoisotopic (exact) mass is 293 g/mol. The smallest absolute Gasteiger partial charge is 0.326 e. The summed E-state index contributed by atoms with van der Waals surface area (Å²) in [7, 11) is 1.61. The molecule has 2 unspecified atom stereocenters. The van der Waals surface area contributed by atoms with Gasteiger partial charge in [0.2, 0.25) is 0 Å². The molecule has 0 aliphatic carbocycles. The molecule has 1 aliphatic heterocycles. The third-order valence-electron chi connectivity index (χ3n) is 3.67. The molecule has 1 aliphatic rings. The Kier molecular flexibility index (Phi) is 3.31. The molecule has 106 valence electrons. The molecule has 2 atom stereocenters. The number of thiophene rings is 1. The van der Waals surface area contributed by atoms with E-state index >= 15 is 0 Å². The van der Waals surface area contributed by atoms with Gasteiger partial charge in [-0.15, -0.1) is 11.3 Å². The predicted molar refractivity (Wildman–Crippen MR) is 76.3 cm³/mol. The van der Waals surface area contributed by atoms with Gasteiger partial charge < -0.3 is 14.7 Å². The number of nitrogens with zero attached hydrogens (tertiary/aromatic N) is 3. The summed E-state index contributed by atoms with van der Waals surface area (Å²) in [6.45, 7) is 2.53. The van der Waals surface area contributed by atoms with E-state index in [2.05, 4.69) is 9.97 Å². The highest BCUT2D eigenvalue weighted by Gasteiger charge is 2.38. The zero-order chi connectivity index (χ0) is 14.3. The molecule has 0 aromatic carbocycles. The van der Waals surface area contributed by atoms with Gasteiger partial charge in [-0.05, 0) is 17.9 Å². The summed E-state index contributed by atoms with van der Waals surface area (Å²) in [6.07, 6.45) is 1.89. The van der Waals surface area contributed by atoms with Crippen LogP contribution >= 0.6 is 11.3 Å². The average Bonchev–Trinajstić information content (AvgIpc) is 3.03. The van der Waals surface area contributed by atoms with Crippen molar-refractivity contribution in [3.8, 4) is 0 Å². The molecule has 0 amide bonds. The molecule has 0 bridgehead atoms. The second-order valence-corrected chi connectivity index (χ2v) is 5.77. The minimum Gasteiger partial charge on any atom is -0.480 e. The standard InChI is InChI=1S/C13H15N3O3S/c1-7-5-20-11-10(7)14-6-15-12(11)16-4-8(19-2)3-9(16)13(17)18/h5-6,8-9H,3-4H2,1-2H3,(H,17,18). The van der Waals surface area contributed by atoms with Crippen LogP contribution in [0.3, 0.4) is 0 Å². The van der Waals surface area contributed by atoms with Crippen molar-refractivity contribution >= 4 is 33.3 Å². The molecule has 1 fully saturated rings. The molecule has 0 spiro atoms. The molecule has 3 rings (SSSR count). The van der Waals surface area contributed by atoms with Crippen molar-refractivity contribution in [2.45, 2.75) is 25.5 Å². The van der Waals surface area contributed by atoms with Gasteiger partial charge in [0.05, 0.1) is 16.3 Å². The number of ether oxygens (including phenoxy) is 1. The highest BCUT2D eigenvalue weighted by molar-refractivity contribution is 7.18. The topological polar surface area (TPSA) is 75.6 Å². The summed E-state index contributed by atoms with van der Waals surface area (Å²) >= 11 is 1.55. The predicted octanol–water partition coefficient (Wildman–Crippen LogP) is 1.68. The van der Waals surface area contributed by atoms with Gasteiger partial charge in [0.1, 0.15) is 12.4 Å². The Bertz CT molecular complexity index is 657. The van der Waals surface area contributed by atoms with Crippen molar-refractivity contribution in [2.24, 2.45) is 0 Å². The fourth-order valence-corrected chi connectivity index (χ4v) is 3.60. The van der Waals surface area contributed by atoms with Crippen molar-refractivity contribution in [2.75, 3.05) is 18.6 Å². The van der Waals surface area contributed by atoms with E-state index in [1.807, 2.05) is 17.2 Å². The Hall–Kier alpha value is -1.73. The minimum atomic E-state index is -0.843. The molecule has 0 radical (unpaired) electrons. The van der Waals surface area contributed by atoms with E-state index in [-0.39, 0.29) is 6.10 Å². The number of carboxylic acids is 1. The molecule has 1 N–H and O–H groups in total. The molecule has 20 heavy (non-hydrogen) atoms. The van der Waals surface area contributed by atoms with Crippen molar-refractivity contribution < 1.29 is 14.6 Å². The van der Waals surface area contributed by atoms with Crippen LogP contribution in [0.1, 0.15) is 12.0 Å². The number of anilines is 1. The molecule has 1 saturated heterocycles. The van der Waals surface area contributed by atoms with Crippen LogP contribution in [-0.4, -0.2) is 46.8 Å². The first-order chi connectivity index (χ1) is 9.61. The lowest BCUT2D eigenvalue weighted by molar-refractivity contribution is -0.138. The summed E-state index contributed by atoms with van der Waals surface area (Å²) in [6, 6.07) is -0.597. The summed E-state index contributed by atoms with van der Waals surface area (Å²) in [5.74, 6) is -0.148. The van der Waals surface area contributed by atoms with E-state index in [0.29, 0.717) is 18.8 Å². The van der Waals surface area contributed by atoms with E-state index in [4.69, 9.17) is 4.74 Å². The number of carbonyl (C=O) groups is 1. The number of fused-ring (bicyclic) bond motifs is 1. The van der Waals surface area contributed by atoms with E-state index < -0.39 is 12.0 Å². The van der Waals surface area contributed by atoms with Gasteiger partial charge in [-0.1, -0.05) is 0 Å². The van der Waals surface area contributed by atoms with E-state index in [0.717, 1.165) is 15.8 Å². The SMILES string of the molecule is COC1CC(C(=O)O)N(c2ncnc3c(C)csc23)C1. The number of aromatic nitrogens is 2. The zero-order valence-corrected chi connectivity index (χ0v) is 12.1. The maximum absolute atomic E-state index is 11.5. The Morgan fingerprint density at radius 1 is 1.55 bits per heavy atom. The average molecular weight is 293 g/mol. The number of carboxylic acid groups (broad SMARTS) is 1. The van der Waals surface area contributed by atoms with Gasteiger partial charge in [-0.2, -0.15) is 0 Å². The summed E-state index contributed by atoms with van der Waals surface area (Å²) < 4.78 is 6.25. The lowest BCUT2D eigenvalue weighted by atomic mass is 10.2. The second-order valence-electron chi connectivity index (χ2n) is 4.89. The third-order valence-corrected chi connectivity index (χ3v) is 4.75. The lowest BCUT2D eigenvalue weighted by Crippen LogP contribution is -2.36. The van der Waals surface area contributed by atoms with Gasteiger partial charge in [0.15, 0.2) is 5.82 Å². The molecule has 2 aromatic heterocycles. The van der Waals surface area contributed by atoms with Crippen molar-refractivity contribution in [1.29, 1.82) is 0 Å². The number of rotatable bonds is 3. The summed E-state index contributed by atoms with van der Waals surface area (Å²) in [4.78, 5) is 21.9. The highest BCUT2D eigenvalue weighted by Crippen LogP contribution is 2.34. The number of methoxy groups -OCH3 is 1. The Labute approximate surface area is 120 Å². The molecular weight excluding hydrogens is 278 g/mol. The van der Waals surface area contributed by atoms with Crippen LogP contribution < -0.4 is 4.90 Å². The van der Waals surface area contributed by atoms with Gasteiger partial charge in [0.25, 0.3) is 0 Å². The minimum absolute atomic E-state index is 0.0813. The van der Waals surface area contributed by atoms with Crippen LogP contribution in [0.15, 0.2) is 11.7 Å². The van der Waals surface area contributed by atoms with E-state index in [9.17, 15) is 9.90 Å². The first kappa shape index (κ1) is 13.3. The van der Waals surface area contributed by atoms with Crippen LogP contribution in [0.5, 0.6) is 0 Å². The van der Waals surface area contributed by atoms with Gasteiger partial charge in [0, 0.05) is 20.1 Å². The summed E-state index contributed by atoms with van der Waals surface area (Å²) in [5.41, 5.74) is 1.98. The van der Waals surface area contributed by atoms with Gasteiger partial charge >= 0.3 is 5.97 Å². The fraction of sp³-hybridized carbons (Fsp3) is 0.462. The van der Waals surface area contributed by atoms with Crippen LogP contribution in [0.2, 0.25) is 0 Å². The summed E-state index contributed by atoms with van der Waals surface area (Å²) in [5, 5.41) is 11.4. The Balaban J connectivity index is 2.07. The van der Waals surface area contributed by atoms with Gasteiger partial charge in [-0.3, -0.25) is 0 Å². The third kappa shape index (κ3) is 2.03. The Morgan fingerprint density at radius 2 is 2.35 bits per heavy atom. The Morgan fingerprint density at radius 3 is 3.05 bits per heavy atom. The lowest BCUT2D eigenvalue weighted by Gasteiger charge is -2.22. The van der Waals surface area contributed by atoms with Crippen LogP contribution in [0.4, 0.5) is 5.82 Å². The fourth-order valence-electron chi connectivity index (χ4n) is 2.60. The zero-order valence-electron chi connectivity index (χ0n) is 11.2. The maximum Gasteiger partial charge on any atom is 0.326 e. The number of aliphatic carboxylic acids is 1. The highest BCUT2D eigenvalue weighted by atomic mass is 32.1. The molecule has 3 heterocycles. The molecule has 0 saturated carbocycles. The number of aryl methyl sites for hydroxylation is 1. The first-order valence-electron chi connectivity index (χ1n) is 6.33. The number of hydrogen-bond donors (Lipinski definition) is 1. The molecule has 7 heteroatoms. The van der Waals surface area contributed by atoms with Gasteiger partial charge in [-0.25, -0.2) is 14.8 Å². The second kappa shape index (κ2) is 4.99.